The Kier molecular flexibility index (Phi) is 13.4. The molecule has 4 heterocycles. The van der Waals surface area contributed by atoms with E-state index in [0.717, 1.165) is 128 Å². The van der Waals surface area contributed by atoms with Gasteiger partial charge in [-0.1, -0.05) is 209 Å². The Hall–Kier alpha value is -9.74. The minimum Gasteiger partial charge on any atom is -0.305 e. The van der Waals surface area contributed by atoms with Gasteiger partial charge in [0, 0.05) is 38.0 Å². The van der Waals surface area contributed by atoms with Crippen molar-refractivity contribution >= 4 is 53.2 Å². The second-order valence-corrected chi connectivity index (χ2v) is 21.4. The van der Waals surface area contributed by atoms with E-state index in [4.69, 9.17) is 4.98 Å². The van der Waals surface area contributed by atoms with E-state index in [1.807, 2.05) is 60.1 Å². The fourth-order valence-electron chi connectivity index (χ4n) is 11.7. The standard InChI is InChI=1S/C77H46N3S.Ir/c1-3-19-61(59(17-1)50-31-35-52(36-32-50)72-27-13-15-43-78-72)56-45-57(62-20-4-2-18-60(62)51-33-37-53(38-34-51)73-28-14-16-44-79-73)47-58(46-56)63-21-5-6-22-64(63)66-41-40-55(77-70-26-8-7-23-65(70)67-24-9-11-29-74(67)80-77)48-71(66)54-39-42-69-68-25-10-12-30-75(68)81-76(69)49-54;/h1-35,37,39,41-49H;/q-3;+3. The minimum atomic E-state index is 0. The van der Waals surface area contributed by atoms with Gasteiger partial charge < -0.3 is 9.97 Å². The first-order valence-electron chi connectivity index (χ1n) is 27.2. The molecule has 0 unspecified atom stereocenters. The first kappa shape index (κ1) is 50.5. The van der Waals surface area contributed by atoms with Crippen LogP contribution in [0.3, 0.4) is 0 Å². The van der Waals surface area contributed by atoms with Crippen LogP contribution >= 0.6 is 11.3 Å². The molecule has 0 spiro atoms. The molecule has 11 aromatic carbocycles. The zero-order chi connectivity index (χ0) is 53.6. The summed E-state index contributed by atoms with van der Waals surface area (Å²) in [5.74, 6) is 0. The number of nitrogens with zero attached hydrogens (tertiary/aromatic N) is 3. The normalized spacial score (nSPS) is 11.3. The second-order valence-electron chi connectivity index (χ2n) is 20.4. The Balaban J connectivity index is 0.00000602. The van der Waals surface area contributed by atoms with Crippen molar-refractivity contribution < 1.29 is 20.1 Å². The predicted molar refractivity (Wildman–Crippen MR) is 339 cm³/mol. The molecule has 5 heteroatoms. The first-order valence-corrected chi connectivity index (χ1v) is 28.0. The van der Waals surface area contributed by atoms with E-state index in [1.54, 1.807) is 0 Å². The third-order valence-corrected chi connectivity index (χ3v) is 16.7. The molecule has 0 bridgehead atoms. The Morgan fingerprint density at radius 3 is 1.32 bits per heavy atom. The van der Waals surface area contributed by atoms with Crippen LogP contribution in [0.5, 0.6) is 0 Å². The number of aromatic nitrogens is 3. The molecule has 0 amide bonds. The smallest absolute Gasteiger partial charge is 0.305 e. The number of pyridine rings is 3. The van der Waals surface area contributed by atoms with Gasteiger partial charge in [0.05, 0.1) is 5.52 Å². The van der Waals surface area contributed by atoms with Crippen LogP contribution < -0.4 is 0 Å². The van der Waals surface area contributed by atoms with Gasteiger partial charge in [-0.05, 0) is 115 Å². The van der Waals surface area contributed by atoms with Crippen molar-refractivity contribution in [2.24, 2.45) is 0 Å². The average molecular weight is 1240 g/mol. The molecule has 0 fully saturated rings. The van der Waals surface area contributed by atoms with E-state index in [1.165, 1.54) is 25.6 Å². The molecule has 82 heavy (non-hydrogen) atoms. The topological polar surface area (TPSA) is 38.7 Å². The summed E-state index contributed by atoms with van der Waals surface area (Å²) in [6.07, 6.45) is 3.65. The molecule has 0 saturated heterocycles. The summed E-state index contributed by atoms with van der Waals surface area (Å²) in [7, 11) is 0. The van der Waals surface area contributed by atoms with Crippen LogP contribution in [-0.2, 0) is 20.1 Å². The van der Waals surface area contributed by atoms with Crippen LogP contribution in [0.4, 0.5) is 0 Å². The van der Waals surface area contributed by atoms with Gasteiger partial charge in [-0.25, -0.2) is 0 Å². The number of benzene rings is 11. The zero-order valence-electron chi connectivity index (χ0n) is 44.1. The van der Waals surface area contributed by atoms with Crippen molar-refractivity contribution in [1.29, 1.82) is 0 Å². The Labute approximate surface area is 494 Å². The fraction of sp³-hybridized carbons (Fsp3) is 0. The largest absolute Gasteiger partial charge is 3.00 e. The van der Waals surface area contributed by atoms with E-state index in [0.29, 0.717) is 0 Å². The molecular formula is C77H46IrN3S. The maximum absolute atomic E-state index is 5.39. The zero-order valence-corrected chi connectivity index (χ0v) is 47.4. The van der Waals surface area contributed by atoms with E-state index in [-0.39, 0.29) is 20.1 Å². The molecule has 15 aromatic rings. The maximum Gasteiger partial charge on any atom is 3.00 e. The van der Waals surface area contributed by atoms with Gasteiger partial charge in [-0.2, -0.15) is 0 Å². The molecule has 0 N–H and O–H groups in total. The Bertz CT molecular complexity index is 4710. The predicted octanol–water partition coefficient (Wildman–Crippen LogP) is 20.6. The first-order chi connectivity index (χ1) is 40.1. The number of para-hydroxylation sites is 1. The molecule has 0 atom stereocenters. The van der Waals surface area contributed by atoms with Gasteiger partial charge in [0.25, 0.3) is 0 Å². The van der Waals surface area contributed by atoms with Crippen molar-refractivity contribution in [2.75, 3.05) is 0 Å². The van der Waals surface area contributed by atoms with Crippen LogP contribution in [0.25, 0.3) is 154 Å². The van der Waals surface area contributed by atoms with Crippen molar-refractivity contribution in [1.82, 2.24) is 15.0 Å². The molecule has 4 aromatic heterocycles. The van der Waals surface area contributed by atoms with E-state index < -0.39 is 0 Å². The number of thiophene rings is 1. The molecule has 0 aliphatic rings. The molecule has 3 nitrogen and oxygen atoms in total. The van der Waals surface area contributed by atoms with Gasteiger partial charge in [-0.15, -0.1) is 94.8 Å². The summed E-state index contributed by atoms with van der Waals surface area (Å²) in [5, 5.41) is 5.95. The number of fused-ring (bicyclic) bond motifs is 6. The van der Waals surface area contributed by atoms with Gasteiger partial charge in [-0.3, -0.25) is 4.98 Å². The van der Waals surface area contributed by atoms with Crippen LogP contribution in [0.1, 0.15) is 0 Å². The van der Waals surface area contributed by atoms with Crippen LogP contribution in [0.15, 0.2) is 279 Å². The van der Waals surface area contributed by atoms with Crippen molar-refractivity contribution in [3.8, 4) is 112 Å². The Morgan fingerprint density at radius 1 is 0.280 bits per heavy atom. The fourth-order valence-corrected chi connectivity index (χ4v) is 12.8. The summed E-state index contributed by atoms with van der Waals surface area (Å²) in [6.45, 7) is 0. The van der Waals surface area contributed by atoms with E-state index in [2.05, 4.69) is 259 Å². The second kappa shape index (κ2) is 21.7. The summed E-state index contributed by atoms with van der Waals surface area (Å²) in [4.78, 5) is 14.6. The Morgan fingerprint density at radius 2 is 0.744 bits per heavy atom. The summed E-state index contributed by atoms with van der Waals surface area (Å²) in [5.41, 5.74) is 21.9. The van der Waals surface area contributed by atoms with Crippen molar-refractivity contribution in [3.63, 3.8) is 0 Å². The van der Waals surface area contributed by atoms with Gasteiger partial charge >= 0.3 is 20.1 Å². The number of hydrogen-bond acceptors (Lipinski definition) is 4. The SMILES string of the molecule is [Ir+3].[c-]1cc(-c2ccccc2-c2cc(-c3ccccc3-c3c[c-]c(-c4ccccn4)cc3)cc(-c3ccccc3-c3c[c-]c(-c4nc5ccccc5c5ccccc45)cc3-c3ccc4c(c3)sc3ccccc34)c2)ccc1-c1ccccn1. The molecule has 0 aliphatic heterocycles. The monoisotopic (exact) mass is 1240 g/mol. The van der Waals surface area contributed by atoms with Crippen LogP contribution in [0.2, 0.25) is 0 Å². The van der Waals surface area contributed by atoms with Gasteiger partial charge in [0.1, 0.15) is 0 Å². The van der Waals surface area contributed by atoms with E-state index in [9.17, 15) is 0 Å². The molecule has 384 valence electrons. The van der Waals surface area contributed by atoms with Crippen molar-refractivity contribution in [3.05, 3.63) is 298 Å². The number of rotatable bonds is 10. The third kappa shape index (κ3) is 9.31. The van der Waals surface area contributed by atoms with E-state index >= 15 is 0 Å². The summed E-state index contributed by atoms with van der Waals surface area (Å²) < 4.78 is 2.53. The van der Waals surface area contributed by atoms with Crippen molar-refractivity contribution in [2.45, 2.75) is 0 Å². The quantitative estimate of drug-likeness (QED) is 0.101. The van der Waals surface area contributed by atoms with Crippen LogP contribution in [-0.4, -0.2) is 15.0 Å². The molecule has 15 rings (SSSR count). The summed E-state index contributed by atoms with van der Waals surface area (Å²) >= 11 is 1.84. The molecular weight excluding hydrogens is 1190 g/mol. The minimum absolute atomic E-state index is 0. The summed E-state index contributed by atoms with van der Waals surface area (Å²) in [6, 6.07) is 106. The molecule has 0 aliphatic carbocycles. The third-order valence-electron chi connectivity index (χ3n) is 15.6. The van der Waals surface area contributed by atoms with Gasteiger partial charge in [0.15, 0.2) is 0 Å². The molecule has 0 saturated carbocycles. The molecule has 0 radical (unpaired) electrons. The number of hydrogen-bond donors (Lipinski definition) is 0. The maximum atomic E-state index is 5.39. The average Bonchev–Trinajstić information content (AvgIpc) is 4.00. The van der Waals surface area contributed by atoms with Crippen LogP contribution in [0, 0.1) is 18.2 Å². The van der Waals surface area contributed by atoms with Gasteiger partial charge in [0.2, 0.25) is 0 Å².